The van der Waals surface area contributed by atoms with Crippen molar-refractivity contribution >= 4 is 18.0 Å². The number of benzene rings is 1. The number of aliphatic hydroxyl groups excluding tert-OH is 1. The Hall–Kier alpha value is -2.14. The van der Waals surface area contributed by atoms with E-state index in [1.165, 1.54) is 11.0 Å². The number of rotatable bonds is 5. The van der Waals surface area contributed by atoms with E-state index in [1.807, 2.05) is 0 Å². The van der Waals surface area contributed by atoms with Gasteiger partial charge in [0.05, 0.1) is 6.61 Å². The van der Waals surface area contributed by atoms with Crippen molar-refractivity contribution in [3.05, 3.63) is 41.5 Å². The van der Waals surface area contributed by atoms with E-state index in [1.54, 1.807) is 31.3 Å². The normalized spacial score (nSPS) is 10.6. The van der Waals surface area contributed by atoms with Crippen LogP contribution in [0.3, 0.4) is 0 Å². The fraction of sp³-hybridized carbons (Fsp3) is 0.231. The first-order chi connectivity index (χ1) is 8.54. The van der Waals surface area contributed by atoms with Crippen LogP contribution in [0, 0.1) is 0 Å². The topological polar surface area (TPSA) is 77.8 Å². The summed E-state index contributed by atoms with van der Waals surface area (Å²) >= 11 is 0. The number of hydrogen-bond acceptors (Lipinski definition) is 3. The lowest BCUT2D eigenvalue weighted by Crippen LogP contribution is -2.29. The van der Waals surface area contributed by atoms with E-state index >= 15 is 0 Å². The number of carboxylic acid groups (broad SMARTS) is 1. The van der Waals surface area contributed by atoms with Crippen molar-refractivity contribution in [1.29, 1.82) is 0 Å². The first-order valence-electron chi connectivity index (χ1n) is 5.42. The van der Waals surface area contributed by atoms with Gasteiger partial charge in [0.15, 0.2) is 0 Å². The summed E-state index contributed by atoms with van der Waals surface area (Å²) in [4.78, 5) is 23.7. The number of likely N-dealkylation sites (N-methyl/N-ethyl adjacent to an activating group) is 1. The van der Waals surface area contributed by atoms with Gasteiger partial charge in [-0.05, 0) is 23.8 Å². The van der Waals surface area contributed by atoms with E-state index in [2.05, 4.69) is 0 Å². The Balaban J connectivity index is 2.88. The minimum Gasteiger partial charge on any atom is -0.478 e. The first kappa shape index (κ1) is 13.9. The number of carbonyl (C=O) groups excluding carboxylic acids is 1. The van der Waals surface area contributed by atoms with Crippen molar-refractivity contribution in [2.24, 2.45) is 0 Å². The van der Waals surface area contributed by atoms with Crippen molar-refractivity contribution in [2.75, 3.05) is 20.2 Å². The summed E-state index contributed by atoms with van der Waals surface area (Å²) in [6, 6.07) is 6.65. The molecular weight excluding hydrogens is 234 g/mol. The Morgan fingerprint density at radius 3 is 2.72 bits per heavy atom. The lowest BCUT2D eigenvalue weighted by Gasteiger charge is -2.15. The highest BCUT2D eigenvalue weighted by atomic mass is 16.4. The van der Waals surface area contributed by atoms with Gasteiger partial charge in [-0.25, -0.2) is 4.79 Å². The molecule has 1 aromatic carbocycles. The molecule has 0 saturated carbocycles. The molecule has 1 rings (SSSR count). The summed E-state index contributed by atoms with van der Waals surface area (Å²) in [5, 5.41) is 17.3. The first-order valence-corrected chi connectivity index (χ1v) is 5.42. The molecule has 0 aliphatic rings. The molecule has 5 nitrogen and oxygen atoms in total. The van der Waals surface area contributed by atoms with Crippen molar-refractivity contribution in [2.45, 2.75) is 0 Å². The van der Waals surface area contributed by atoms with Crippen LogP contribution in [0.2, 0.25) is 0 Å². The molecule has 96 valence electrons. The summed E-state index contributed by atoms with van der Waals surface area (Å²) in [5.41, 5.74) is 1.10. The highest BCUT2D eigenvalue weighted by Crippen LogP contribution is 2.09. The van der Waals surface area contributed by atoms with Gasteiger partial charge in [0.2, 0.25) is 0 Å². The van der Waals surface area contributed by atoms with Crippen molar-refractivity contribution < 1.29 is 19.8 Å². The Labute approximate surface area is 105 Å². The van der Waals surface area contributed by atoms with E-state index in [4.69, 9.17) is 10.2 Å². The third-order valence-corrected chi connectivity index (χ3v) is 2.33. The summed E-state index contributed by atoms with van der Waals surface area (Å²) in [5.74, 6) is -1.25. The second kappa shape index (κ2) is 6.56. The molecule has 0 saturated heterocycles. The zero-order chi connectivity index (χ0) is 13.5. The Morgan fingerprint density at radius 2 is 2.11 bits per heavy atom. The molecule has 0 aromatic heterocycles. The Kier molecular flexibility index (Phi) is 5.07. The van der Waals surface area contributed by atoms with Gasteiger partial charge < -0.3 is 15.1 Å². The van der Waals surface area contributed by atoms with E-state index in [0.29, 0.717) is 11.1 Å². The van der Waals surface area contributed by atoms with Crippen molar-refractivity contribution in [3.8, 4) is 0 Å². The Morgan fingerprint density at radius 1 is 1.39 bits per heavy atom. The van der Waals surface area contributed by atoms with Gasteiger partial charge in [0.25, 0.3) is 5.91 Å². The van der Waals surface area contributed by atoms with E-state index in [0.717, 1.165) is 6.08 Å². The molecule has 0 spiro atoms. The zero-order valence-electron chi connectivity index (χ0n) is 10.0. The molecule has 18 heavy (non-hydrogen) atoms. The van der Waals surface area contributed by atoms with Gasteiger partial charge in [-0.15, -0.1) is 0 Å². The van der Waals surface area contributed by atoms with Crippen LogP contribution in [0.4, 0.5) is 0 Å². The molecule has 0 heterocycles. The Bertz CT molecular complexity index is 468. The average Bonchev–Trinajstić information content (AvgIpc) is 2.36. The van der Waals surface area contributed by atoms with Crippen LogP contribution in [-0.4, -0.2) is 47.2 Å². The van der Waals surface area contributed by atoms with Gasteiger partial charge in [-0.3, -0.25) is 4.79 Å². The highest BCUT2D eigenvalue weighted by Gasteiger charge is 2.10. The predicted octanol–water partition coefficient (Wildman–Crippen LogP) is 0.849. The maximum absolute atomic E-state index is 11.9. The molecule has 0 bridgehead atoms. The number of nitrogens with zero attached hydrogens (tertiary/aromatic N) is 1. The molecule has 0 aliphatic carbocycles. The summed E-state index contributed by atoms with van der Waals surface area (Å²) in [6.45, 7) is 0.162. The van der Waals surface area contributed by atoms with Crippen LogP contribution in [-0.2, 0) is 4.79 Å². The van der Waals surface area contributed by atoms with Gasteiger partial charge in [0, 0.05) is 25.2 Å². The van der Waals surface area contributed by atoms with Gasteiger partial charge >= 0.3 is 5.97 Å². The van der Waals surface area contributed by atoms with Crippen LogP contribution in [0.1, 0.15) is 15.9 Å². The molecule has 1 aromatic rings. The molecule has 5 heteroatoms. The summed E-state index contributed by atoms with van der Waals surface area (Å²) in [6.07, 6.45) is 2.44. The van der Waals surface area contributed by atoms with Crippen LogP contribution in [0.25, 0.3) is 6.08 Å². The maximum Gasteiger partial charge on any atom is 0.328 e. The van der Waals surface area contributed by atoms with Gasteiger partial charge in [-0.1, -0.05) is 12.1 Å². The molecule has 1 amide bonds. The molecule has 2 N–H and O–H groups in total. The fourth-order valence-electron chi connectivity index (χ4n) is 1.41. The minimum atomic E-state index is -1.04. The lowest BCUT2D eigenvalue weighted by molar-refractivity contribution is -0.131. The monoisotopic (exact) mass is 249 g/mol. The lowest BCUT2D eigenvalue weighted by atomic mass is 10.1. The summed E-state index contributed by atoms with van der Waals surface area (Å²) < 4.78 is 0. The largest absolute Gasteiger partial charge is 0.478 e. The minimum absolute atomic E-state index is 0.0964. The molecule has 0 fully saturated rings. The quantitative estimate of drug-likeness (QED) is 0.758. The number of aliphatic carboxylic acids is 1. The third kappa shape index (κ3) is 4.03. The zero-order valence-corrected chi connectivity index (χ0v) is 10.0. The molecular formula is C13H15NO4. The number of carboxylic acids is 1. The standard InChI is InChI=1S/C13H15NO4/c1-14(7-8-15)13(18)11-4-2-3-10(9-11)5-6-12(16)17/h2-6,9,15H,7-8H2,1H3,(H,16,17). The number of carbonyl (C=O) groups is 2. The SMILES string of the molecule is CN(CCO)C(=O)c1cccc(C=CC(=O)O)c1. The second-order valence-electron chi connectivity index (χ2n) is 3.75. The van der Waals surface area contributed by atoms with E-state index in [9.17, 15) is 9.59 Å². The number of amides is 1. The highest BCUT2D eigenvalue weighted by molar-refractivity contribution is 5.95. The fourth-order valence-corrected chi connectivity index (χ4v) is 1.41. The molecule has 0 aliphatic heterocycles. The maximum atomic E-state index is 11.9. The van der Waals surface area contributed by atoms with Gasteiger partial charge in [0.1, 0.15) is 0 Å². The smallest absolute Gasteiger partial charge is 0.328 e. The average molecular weight is 249 g/mol. The molecule has 0 radical (unpaired) electrons. The van der Waals surface area contributed by atoms with Crippen LogP contribution in [0.15, 0.2) is 30.3 Å². The number of hydrogen-bond donors (Lipinski definition) is 2. The van der Waals surface area contributed by atoms with Crippen molar-refractivity contribution in [3.63, 3.8) is 0 Å². The second-order valence-corrected chi connectivity index (χ2v) is 3.75. The van der Waals surface area contributed by atoms with Crippen LogP contribution >= 0.6 is 0 Å². The third-order valence-electron chi connectivity index (χ3n) is 2.33. The van der Waals surface area contributed by atoms with Crippen LogP contribution in [0.5, 0.6) is 0 Å². The number of aliphatic hydroxyl groups is 1. The van der Waals surface area contributed by atoms with E-state index in [-0.39, 0.29) is 19.1 Å². The molecule has 0 unspecified atom stereocenters. The predicted molar refractivity (Wildman–Crippen MR) is 67.2 cm³/mol. The van der Waals surface area contributed by atoms with Crippen molar-refractivity contribution in [1.82, 2.24) is 4.90 Å². The summed E-state index contributed by atoms with van der Waals surface area (Å²) in [7, 11) is 1.60. The van der Waals surface area contributed by atoms with Crippen LogP contribution < -0.4 is 0 Å². The molecule has 0 atom stereocenters. The van der Waals surface area contributed by atoms with E-state index < -0.39 is 5.97 Å². The van der Waals surface area contributed by atoms with Gasteiger partial charge in [-0.2, -0.15) is 0 Å².